The summed E-state index contributed by atoms with van der Waals surface area (Å²) in [6, 6.07) is 4.83. The number of benzene rings is 1. The minimum Gasteiger partial charge on any atom is -0.487 e. The molecule has 5 nitrogen and oxygen atoms in total. The first-order valence-electron chi connectivity index (χ1n) is 6.05. The molecule has 0 amide bonds. The topological polar surface area (TPSA) is 52.0 Å². The average Bonchev–Trinajstić information content (AvgIpc) is 2.81. The molecule has 1 heterocycles. The van der Waals surface area contributed by atoms with Gasteiger partial charge in [0.25, 0.3) is 0 Å². The molecule has 1 unspecified atom stereocenters. The quantitative estimate of drug-likeness (QED) is 0.895. The van der Waals surface area contributed by atoms with E-state index in [1.165, 1.54) is 6.07 Å². The standard InChI is InChI=1S/C13H17FN4O/c1-9(15-2)12-5-4-11(6-13(12)14)19-8-10-7-18(3)17-16-10/h4-7,9,15H,8H2,1-3H3. The zero-order valence-electron chi connectivity index (χ0n) is 11.2. The summed E-state index contributed by atoms with van der Waals surface area (Å²) in [6.45, 7) is 2.17. The number of hydrogen-bond donors (Lipinski definition) is 1. The molecule has 0 aliphatic carbocycles. The molecule has 0 saturated carbocycles. The Bertz CT molecular complexity index is 555. The second-order valence-corrected chi connectivity index (χ2v) is 4.37. The van der Waals surface area contributed by atoms with Crippen molar-refractivity contribution in [2.75, 3.05) is 7.05 Å². The minimum absolute atomic E-state index is 0.0333. The fourth-order valence-corrected chi connectivity index (χ4v) is 1.72. The van der Waals surface area contributed by atoms with E-state index in [0.717, 1.165) is 0 Å². The predicted octanol–water partition coefficient (Wildman–Crippen LogP) is 1.81. The number of hydrogen-bond acceptors (Lipinski definition) is 4. The van der Waals surface area contributed by atoms with Crippen LogP contribution in [0, 0.1) is 5.82 Å². The maximum absolute atomic E-state index is 13.9. The van der Waals surface area contributed by atoms with Crippen LogP contribution in [0.4, 0.5) is 4.39 Å². The Morgan fingerprint density at radius 2 is 2.26 bits per heavy atom. The van der Waals surface area contributed by atoms with E-state index in [2.05, 4.69) is 15.6 Å². The number of aryl methyl sites for hydroxylation is 1. The fraction of sp³-hybridized carbons (Fsp3) is 0.385. The molecule has 0 aliphatic rings. The molecule has 2 rings (SSSR count). The Morgan fingerprint density at radius 1 is 1.47 bits per heavy atom. The third kappa shape index (κ3) is 3.29. The zero-order chi connectivity index (χ0) is 13.8. The molecule has 1 aromatic heterocycles. The van der Waals surface area contributed by atoms with Crippen LogP contribution in [0.3, 0.4) is 0 Å². The fourth-order valence-electron chi connectivity index (χ4n) is 1.72. The lowest BCUT2D eigenvalue weighted by Gasteiger charge is -2.12. The number of aromatic nitrogens is 3. The second kappa shape index (κ2) is 5.79. The molecule has 19 heavy (non-hydrogen) atoms. The number of ether oxygens (including phenoxy) is 1. The van der Waals surface area contributed by atoms with E-state index in [9.17, 15) is 4.39 Å². The molecule has 2 aromatic rings. The Morgan fingerprint density at radius 3 is 2.84 bits per heavy atom. The molecule has 6 heteroatoms. The summed E-state index contributed by atoms with van der Waals surface area (Å²) in [7, 11) is 3.58. The van der Waals surface area contributed by atoms with Crippen molar-refractivity contribution in [3.05, 3.63) is 41.5 Å². The first kappa shape index (κ1) is 13.5. The molecular formula is C13H17FN4O. The first-order valence-corrected chi connectivity index (χ1v) is 6.05. The van der Waals surface area contributed by atoms with Gasteiger partial charge < -0.3 is 10.1 Å². The van der Waals surface area contributed by atoms with Gasteiger partial charge in [-0.1, -0.05) is 11.3 Å². The molecule has 0 fully saturated rings. The highest BCUT2D eigenvalue weighted by atomic mass is 19.1. The Hall–Kier alpha value is -1.95. The Kier molecular flexibility index (Phi) is 4.11. The molecule has 1 N–H and O–H groups in total. The molecule has 102 valence electrons. The normalized spacial score (nSPS) is 12.4. The van der Waals surface area contributed by atoms with E-state index in [4.69, 9.17) is 4.74 Å². The first-order chi connectivity index (χ1) is 9.10. The summed E-state index contributed by atoms with van der Waals surface area (Å²) in [6.07, 6.45) is 1.76. The van der Waals surface area contributed by atoms with E-state index >= 15 is 0 Å². The van der Waals surface area contributed by atoms with Crippen molar-refractivity contribution < 1.29 is 9.13 Å². The van der Waals surface area contributed by atoms with Gasteiger partial charge in [0.15, 0.2) is 0 Å². The van der Waals surface area contributed by atoms with Gasteiger partial charge in [-0.25, -0.2) is 4.39 Å². The predicted molar refractivity (Wildman–Crippen MR) is 69.2 cm³/mol. The van der Waals surface area contributed by atoms with Gasteiger partial charge in [0, 0.05) is 24.7 Å². The molecule has 0 spiro atoms. The van der Waals surface area contributed by atoms with Crippen LogP contribution in [0.25, 0.3) is 0 Å². The number of halogens is 1. The van der Waals surface area contributed by atoms with Crippen molar-refractivity contribution in [3.63, 3.8) is 0 Å². The largest absolute Gasteiger partial charge is 0.487 e. The zero-order valence-corrected chi connectivity index (χ0v) is 11.2. The summed E-state index contributed by atoms with van der Waals surface area (Å²) >= 11 is 0. The van der Waals surface area contributed by atoms with Gasteiger partial charge in [0.2, 0.25) is 0 Å². The number of nitrogens with zero attached hydrogens (tertiary/aromatic N) is 3. The van der Waals surface area contributed by atoms with Crippen LogP contribution in [-0.4, -0.2) is 22.0 Å². The summed E-state index contributed by atoms with van der Waals surface area (Å²) < 4.78 is 20.9. The second-order valence-electron chi connectivity index (χ2n) is 4.37. The van der Waals surface area contributed by atoms with Gasteiger partial charge >= 0.3 is 0 Å². The summed E-state index contributed by atoms with van der Waals surface area (Å²) in [4.78, 5) is 0. The monoisotopic (exact) mass is 264 g/mol. The van der Waals surface area contributed by atoms with Crippen LogP contribution in [-0.2, 0) is 13.7 Å². The lowest BCUT2D eigenvalue weighted by molar-refractivity contribution is 0.299. The van der Waals surface area contributed by atoms with E-state index in [1.54, 1.807) is 37.1 Å². The molecule has 0 aliphatic heterocycles. The van der Waals surface area contributed by atoms with Crippen molar-refractivity contribution in [2.45, 2.75) is 19.6 Å². The molecule has 0 saturated heterocycles. The van der Waals surface area contributed by atoms with Gasteiger partial charge in [0.1, 0.15) is 23.9 Å². The Labute approximate surface area is 111 Å². The van der Waals surface area contributed by atoms with E-state index in [-0.39, 0.29) is 18.5 Å². The van der Waals surface area contributed by atoms with Crippen LogP contribution < -0.4 is 10.1 Å². The van der Waals surface area contributed by atoms with Crippen LogP contribution in [0.2, 0.25) is 0 Å². The van der Waals surface area contributed by atoms with Crippen molar-refractivity contribution >= 4 is 0 Å². The summed E-state index contributed by atoms with van der Waals surface area (Å²) in [5.74, 6) is 0.203. The van der Waals surface area contributed by atoms with Crippen molar-refractivity contribution in [1.29, 1.82) is 0 Å². The van der Waals surface area contributed by atoms with Crippen molar-refractivity contribution in [3.8, 4) is 5.75 Å². The van der Waals surface area contributed by atoms with E-state index < -0.39 is 0 Å². The van der Waals surface area contributed by atoms with Gasteiger partial charge in [-0.05, 0) is 20.0 Å². The van der Waals surface area contributed by atoms with Crippen molar-refractivity contribution in [1.82, 2.24) is 20.3 Å². The number of rotatable bonds is 5. The lowest BCUT2D eigenvalue weighted by atomic mass is 10.1. The highest BCUT2D eigenvalue weighted by Gasteiger charge is 2.10. The van der Waals surface area contributed by atoms with Gasteiger partial charge in [-0.2, -0.15) is 0 Å². The van der Waals surface area contributed by atoms with E-state index in [1.807, 2.05) is 6.92 Å². The average molecular weight is 264 g/mol. The highest BCUT2D eigenvalue weighted by Crippen LogP contribution is 2.22. The SMILES string of the molecule is CNC(C)c1ccc(OCc2cn(C)nn2)cc1F. The lowest BCUT2D eigenvalue weighted by Crippen LogP contribution is -2.13. The molecular weight excluding hydrogens is 247 g/mol. The smallest absolute Gasteiger partial charge is 0.134 e. The summed E-state index contributed by atoms with van der Waals surface area (Å²) in [5.41, 5.74) is 1.32. The van der Waals surface area contributed by atoms with E-state index in [0.29, 0.717) is 17.0 Å². The number of nitrogens with one attached hydrogen (secondary N) is 1. The van der Waals surface area contributed by atoms with Crippen LogP contribution in [0.15, 0.2) is 24.4 Å². The van der Waals surface area contributed by atoms with Crippen LogP contribution in [0.5, 0.6) is 5.75 Å². The Balaban J connectivity index is 2.04. The maximum atomic E-state index is 13.9. The minimum atomic E-state index is -0.279. The summed E-state index contributed by atoms with van der Waals surface area (Å²) in [5, 5.41) is 10.7. The van der Waals surface area contributed by atoms with Crippen molar-refractivity contribution in [2.24, 2.45) is 7.05 Å². The molecule has 0 bridgehead atoms. The maximum Gasteiger partial charge on any atom is 0.134 e. The molecule has 0 radical (unpaired) electrons. The highest BCUT2D eigenvalue weighted by molar-refractivity contribution is 5.30. The van der Waals surface area contributed by atoms with Gasteiger partial charge in [-0.15, -0.1) is 5.10 Å². The van der Waals surface area contributed by atoms with Crippen LogP contribution >= 0.6 is 0 Å². The third-order valence-electron chi connectivity index (χ3n) is 2.91. The molecule has 1 aromatic carbocycles. The van der Waals surface area contributed by atoms with Gasteiger partial charge in [-0.3, -0.25) is 4.68 Å². The van der Waals surface area contributed by atoms with Gasteiger partial charge in [0.05, 0.1) is 6.20 Å². The van der Waals surface area contributed by atoms with Crippen LogP contribution in [0.1, 0.15) is 24.2 Å². The third-order valence-corrected chi connectivity index (χ3v) is 2.91. The molecule has 1 atom stereocenters.